The number of halogens is 2. The third kappa shape index (κ3) is 7.95. The maximum atomic E-state index is 15.7. The number of rotatable bonds is 7. The Balaban J connectivity index is 0.993. The van der Waals surface area contributed by atoms with Crippen LogP contribution in [-0.2, 0) is 14.2 Å². The minimum Gasteiger partial charge on any atom is -0.448 e. The minimum atomic E-state index is -1.22. The lowest BCUT2D eigenvalue weighted by molar-refractivity contribution is 0.00241. The van der Waals surface area contributed by atoms with E-state index in [1.807, 2.05) is 102 Å². The third-order valence-electron chi connectivity index (χ3n) is 12.1. The average Bonchev–Trinajstić information content (AvgIpc) is 3.77. The van der Waals surface area contributed by atoms with E-state index in [-0.39, 0.29) is 74.0 Å². The highest BCUT2D eigenvalue weighted by Gasteiger charge is 2.41. The molecule has 328 valence electrons. The van der Waals surface area contributed by atoms with Gasteiger partial charge in [0.15, 0.2) is 11.6 Å². The first-order valence-electron chi connectivity index (χ1n) is 21.1. The number of carbonyl (C=O) groups is 3. The van der Waals surface area contributed by atoms with E-state index in [1.165, 1.54) is 11.0 Å². The van der Waals surface area contributed by atoms with Crippen molar-refractivity contribution in [1.29, 1.82) is 0 Å². The molecule has 4 aliphatic rings. The lowest BCUT2D eigenvalue weighted by atomic mass is 9.98. The Kier molecular flexibility index (Phi) is 11.0. The summed E-state index contributed by atoms with van der Waals surface area (Å²) in [4.78, 5) is 45.5. The van der Waals surface area contributed by atoms with E-state index in [0.717, 1.165) is 50.6 Å². The van der Waals surface area contributed by atoms with E-state index >= 15 is 8.78 Å². The first kappa shape index (κ1) is 42.0. The molecule has 0 aromatic heterocycles. The number of amides is 2. The molecule has 0 bridgehead atoms. The van der Waals surface area contributed by atoms with Crippen LogP contribution in [0, 0.1) is 11.6 Å². The van der Waals surface area contributed by atoms with Gasteiger partial charge in [0.25, 0.3) is 0 Å². The van der Waals surface area contributed by atoms with Gasteiger partial charge in [-0.3, -0.25) is 4.90 Å². The quantitative estimate of drug-likeness (QED) is 0.0923. The summed E-state index contributed by atoms with van der Waals surface area (Å²) in [5.74, 6) is -3.42. The number of hydrogen-bond acceptors (Lipinski definition) is 10. The summed E-state index contributed by atoms with van der Waals surface area (Å²) in [6.45, 7) is 5.86. The molecule has 4 N–H and O–H groups in total. The Labute approximate surface area is 369 Å². The molecule has 2 amide bonds. The summed E-state index contributed by atoms with van der Waals surface area (Å²) in [5.41, 5.74) is 20.6. The van der Waals surface area contributed by atoms with Gasteiger partial charge in [-0.15, -0.1) is 0 Å². The Morgan fingerprint density at radius 1 is 0.719 bits per heavy atom. The number of hydrogen-bond donors (Lipinski definition) is 2. The molecule has 64 heavy (non-hydrogen) atoms. The fourth-order valence-corrected chi connectivity index (χ4v) is 9.22. The molecule has 5 aromatic carbocycles. The lowest BCUT2D eigenvalue weighted by Gasteiger charge is -2.48. The minimum absolute atomic E-state index is 0.0154. The molecular formula is C50H47F2N5O7. The van der Waals surface area contributed by atoms with Crippen molar-refractivity contribution in [2.75, 3.05) is 39.4 Å². The second kappa shape index (κ2) is 16.7. The van der Waals surface area contributed by atoms with Crippen molar-refractivity contribution in [2.24, 2.45) is 11.5 Å². The van der Waals surface area contributed by atoms with Crippen molar-refractivity contribution >= 4 is 24.0 Å². The molecule has 14 heteroatoms. The molecule has 5 aromatic rings. The molecule has 2 heterocycles. The van der Waals surface area contributed by atoms with Crippen molar-refractivity contribution in [3.8, 4) is 28.0 Å². The summed E-state index contributed by atoms with van der Waals surface area (Å²) >= 11 is 0. The predicted octanol–water partition coefficient (Wildman–Crippen LogP) is 8.91. The Morgan fingerprint density at radius 3 is 1.77 bits per heavy atom. The molecule has 0 spiro atoms. The number of allylic oxidation sites excluding steroid dienone is 1. The molecular weight excluding hydrogens is 821 g/mol. The first-order valence-corrected chi connectivity index (χ1v) is 21.1. The van der Waals surface area contributed by atoms with Crippen molar-refractivity contribution < 1.29 is 42.1 Å². The van der Waals surface area contributed by atoms with E-state index in [1.54, 1.807) is 25.7 Å². The van der Waals surface area contributed by atoms with Gasteiger partial charge in [-0.2, -0.15) is 0 Å². The molecule has 0 saturated carbocycles. The topological polar surface area (TPSA) is 150 Å². The van der Waals surface area contributed by atoms with Crippen LogP contribution < -0.4 is 16.2 Å². The van der Waals surface area contributed by atoms with Crippen molar-refractivity contribution in [3.05, 3.63) is 166 Å². The molecule has 1 unspecified atom stereocenters. The third-order valence-corrected chi connectivity index (χ3v) is 12.1. The van der Waals surface area contributed by atoms with Crippen molar-refractivity contribution in [1.82, 2.24) is 14.7 Å². The van der Waals surface area contributed by atoms with E-state index in [0.29, 0.717) is 6.07 Å². The predicted molar refractivity (Wildman–Crippen MR) is 236 cm³/mol. The number of carbonyl (C=O) groups excluding carboxylic acids is 3. The van der Waals surface area contributed by atoms with Crippen LogP contribution in [0.25, 0.3) is 28.0 Å². The normalized spacial score (nSPS) is 17.0. The number of nitrogens with zero attached hydrogens (tertiary/aromatic N) is 3. The van der Waals surface area contributed by atoms with Gasteiger partial charge in [-0.1, -0.05) is 97.1 Å². The SMILES string of the molecule is CC(C)(C)OC(=O)N1CCN2C(/C=C(\N)c3cc(F)cc(F)c3OC(=O)OCC3c4ccccc4-c4ccccc43)=C(N)N(C(=O)OCC3c4ccccc4-c4ccccc43)CC2C1. The Bertz CT molecular complexity index is 2660. The molecule has 0 radical (unpaired) electrons. The zero-order valence-corrected chi connectivity index (χ0v) is 35.6. The largest absolute Gasteiger partial charge is 0.513 e. The maximum absolute atomic E-state index is 15.7. The number of ether oxygens (including phenoxy) is 4. The van der Waals surface area contributed by atoms with E-state index in [9.17, 15) is 14.4 Å². The molecule has 2 aliphatic heterocycles. The average molecular weight is 868 g/mol. The zero-order chi connectivity index (χ0) is 44.9. The second-order valence-corrected chi connectivity index (χ2v) is 17.2. The van der Waals surface area contributed by atoms with Gasteiger partial charge in [0.1, 0.15) is 30.5 Å². The lowest BCUT2D eigenvalue weighted by Crippen LogP contribution is -2.62. The number of piperazine rings is 1. The maximum Gasteiger partial charge on any atom is 0.513 e. The summed E-state index contributed by atoms with van der Waals surface area (Å²) in [6, 6.07) is 32.5. The highest BCUT2D eigenvalue weighted by Crippen LogP contribution is 2.46. The van der Waals surface area contributed by atoms with Crippen LogP contribution in [0.1, 0.15) is 60.4 Å². The van der Waals surface area contributed by atoms with Crippen LogP contribution in [0.3, 0.4) is 0 Å². The van der Waals surface area contributed by atoms with Gasteiger partial charge in [0.2, 0.25) is 0 Å². The molecule has 12 nitrogen and oxygen atoms in total. The zero-order valence-electron chi connectivity index (χ0n) is 35.6. The standard InChI is InChI=1S/C50H47F2N5O7/c1-50(2,3)64-47(58)55-20-21-56-30(25-55)26-57(48(59)61-27-40-35-16-8-4-12-31(35)32-13-5-9-17-36(32)40)46(54)44(56)24-43(53)39-22-29(51)23-42(52)45(39)63-49(60)62-28-41-37-18-10-6-14-33(37)34-15-7-11-19-38(34)41/h4-19,22-24,30,40-41H,20-21,25-28,53-54H2,1-3H3/b43-24-. The van der Waals surface area contributed by atoms with Gasteiger partial charge in [-0.25, -0.2) is 23.2 Å². The van der Waals surface area contributed by atoms with Crippen molar-refractivity contribution in [3.63, 3.8) is 0 Å². The van der Waals surface area contributed by atoms with Gasteiger partial charge in [0, 0.05) is 48.8 Å². The summed E-state index contributed by atoms with van der Waals surface area (Å²) in [7, 11) is 0. The number of nitrogens with two attached hydrogens (primary N) is 2. The fraction of sp³-hybridized carbons (Fsp3) is 0.260. The van der Waals surface area contributed by atoms with Crippen LogP contribution >= 0.6 is 0 Å². The smallest absolute Gasteiger partial charge is 0.448 e. The summed E-state index contributed by atoms with van der Waals surface area (Å²) < 4.78 is 53.4. The van der Waals surface area contributed by atoms with Crippen LogP contribution in [0.5, 0.6) is 5.75 Å². The second-order valence-electron chi connectivity index (χ2n) is 17.2. The molecule has 1 saturated heterocycles. The van der Waals surface area contributed by atoms with E-state index in [2.05, 4.69) is 0 Å². The van der Waals surface area contributed by atoms with Crippen LogP contribution in [-0.4, -0.2) is 84.1 Å². The number of benzene rings is 5. The highest BCUT2D eigenvalue weighted by molar-refractivity contribution is 5.81. The van der Waals surface area contributed by atoms with Gasteiger partial charge < -0.3 is 40.2 Å². The summed E-state index contributed by atoms with van der Waals surface area (Å²) in [6.07, 6.45) is -1.12. The highest BCUT2D eigenvalue weighted by atomic mass is 19.1. The van der Waals surface area contributed by atoms with Crippen LogP contribution in [0.15, 0.2) is 127 Å². The fourth-order valence-electron chi connectivity index (χ4n) is 9.22. The Morgan fingerprint density at radius 2 is 1.23 bits per heavy atom. The van der Waals surface area contributed by atoms with E-state index in [4.69, 9.17) is 30.4 Å². The molecule has 1 atom stereocenters. The van der Waals surface area contributed by atoms with Gasteiger partial charge in [-0.05, 0) is 77.4 Å². The molecule has 1 fully saturated rings. The summed E-state index contributed by atoms with van der Waals surface area (Å²) in [5, 5.41) is 0. The van der Waals surface area contributed by atoms with Gasteiger partial charge in [0.05, 0.1) is 18.3 Å². The van der Waals surface area contributed by atoms with Gasteiger partial charge >= 0.3 is 18.3 Å². The number of fused-ring (bicyclic) bond motifs is 7. The first-order chi connectivity index (χ1) is 30.8. The molecule has 9 rings (SSSR count). The van der Waals surface area contributed by atoms with Crippen molar-refractivity contribution in [2.45, 2.75) is 44.2 Å². The van der Waals surface area contributed by atoms with Crippen LogP contribution in [0.4, 0.5) is 23.2 Å². The van der Waals surface area contributed by atoms with Crippen LogP contribution in [0.2, 0.25) is 0 Å². The van der Waals surface area contributed by atoms with E-state index < -0.39 is 47.4 Å². The molecule has 2 aliphatic carbocycles. The Hall–Kier alpha value is -7.35. The monoisotopic (exact) mass is 867 g/mol.